The van der Waals surface area contributed by atoms with E-state index in [1.54, 1.807) is 38.5 Å². The lowest BCUT2D eigenvalue weighted by Crippen LogP contribution is -1.97. The summed E-state index contributed by atoms with van der Waals surface area (Å²) in [7, 11) is 3.13. The zero-order valence-corrected chi connectivity index (χ0v) is 17.0. The first-order valence-electron chi connectivity index (χ1n) is 9.76. The first-order chi connectivity index (χ1) is 14.7. The highest BCUT2D eigenvalue weighted by Crippen LogP contribution is 2.28. The molecule has 0 amide bonds. The van der Waals surface area contributed by atoms with Crippen LogP contribution in [0.4, 0.5) is 0 Å². The van der Waals surface area contributed by atoms with Crippen LogP contribution in [0.25, 0.3) is 17.0 Å². The van der Waals surface area contributed by atoms with Crippen LogP contribution in [0.15, 0.2) is 85.1 Å². The minimum atomic E-state index is -0.0872. The fourth-order valence-corrected chi connectivity index (χ4v) is 3.57. The van der Waals surface area contributed by atoms with Gasteiger partial charge in [-0.05, 0) is 42.0 Å². The van der Waals surface area contributed by atoms with E-state index >= 15 is 0 Å². The molecule has 0 saturated heterocycles. The highest BCUT2D eigenvalue weighted by atomic mass is 16.5. The van der Waals surface area contributed by atoms with Crippen molar-refractivity contribution in [3.05, 3.63) is 102 Å². The zero-order chi connectivity index (χ0) is 20.9. The van der Waals surface area contributed by atoms with Crippen molar-refractivity contribution in [1.82, 2.24) is 4.57 Å². The Morgan fingerprint density at radius 1 is 0.900 bits per heavy atom. The molecule has 150 valence electrons. The van der Waals surface area contributed by atoms with Crippen molar-refractivity contribution in [1.29, 1.82) is 0 Å². The maximum Gasteiger partial charge on any atom is 0.185 e. The number of hydrogen-bond acceptors (Lipinski definition) is 3. The molecule has 3 aromatic carbocycles. The lowest BCUT2D eigenvalue weighted by atomic mass is 10.1. The monoisotopic (exact) mass is 397 g/mol. The average molecular weight is 397 g/mol. The molecule has 0 spiro atoms. The summed E-state index contributed by atoms with van der Waals surface area (Å²) in [5.41, 5.74) is 3.93. The second-order valence-corrected chi connectivity index (χ2v) is 6.98. The Hall–Kier alpha value is -3.79. The van der Waals surface area contributed by atoms with Crippen LogP contribution in [-0.2, 0) is 6.54 Å². The van der Waals surface area contributed by atoms with Crippen molar-refractivity contribution in [2.75, 3.05) is 14.2 Å². The van der Waals surface area contributed by atoms with Crippen LogP contribution >= 0.6 is 0 Å². The third-order valence-electron chi connectivity index (χ3n) is 5.10. The van der Waals surface area contributed by atoms with Crippen molar-refractivity contribution in [3.63, 3.8) is 0 Å². The van der Waals surface area contributed by atoms with Crippen LogP contribution in [0, 0.1) is 0 Å². The Morgan fingerprint density at radius 2 is 1.63 bits per heavy atom. The molecule has 1 aromatic heterocycles. The summed E-state index contributed by atoms with van der Waals surface area (Å²) in [6.45, 7) is 0.777. The summed E-state index contributed by atoms with van der Waals surface area (Å²) in [6.07, 6.45) is 5.58. The van der Waals surface area contributed by atoms with Crippen molar-refractivity contribution < 1.29 is 14.3 Å². The molecule has 0 saturated carbocycles. The second kappa shape index (κ2) is 8.70. The molecule has 0 bridgehead atoms. The van der Waals surface area contributed by atoms with E-state index in [0.717, 1.165) is 23.0 Å². The van der Waals surface area contributed by atoms with Gasteiger partial charge in [0.15, 0.2) is 17.3 Å². The Kier molecular flexibility index (Phi) is 5.66. The van der Waals surface area contributed by atoms with Gasteiger partial charge in [-0.15, -0.1) is 0 Å². The van der Waals surface area contributed by atoms with E-state index in [4.69, 9.17) is 9.47 Å². The first kappa shape index (κ1) is 19.5. The molecular weight excluding hydrogens is 374 g/mol. The van der Waals surface area contributed by atoms with Gasteiger partial charge in [0.1, 0.15) is 0 Å². The standard InChI is InChI=1S/C26H23NO3/c1-29-25-15-13-20(16-26(25)30-2)24(28)14-12-21-18-27(17-19-8-4-3-5-9-19)23-11-7-6-10-22(21)23/h3-16,18H,17H2,1-2H3. The van der Waals surface area contributed by atoms with E-state index in [-0.39, 0.29) is 5.78 Å². The third-order valence-corrected chi connectivity index (χ3v) is 5.10. The van der Waals surface area contributed by atoms with Gasteiger partial charge in [-0.2, -0.15) is 0 Å². The van der Waals surface area contributed by atoms with E-state index in [2.05, 4.69) is 35.0 Å². The molecule has 4 heteroatoms. The van der Waals surface area contributed by atoms with E-state index in [1.165, 1.54) is 5.56 Å². The topological polar surface area (TPSA) is 40.5 Å². The predicted molar refractivity (Wildman–Crippen MR) is 120 cm³/mol. The Bertz CT molecular complexity index is 1210. The largest absolute Gasteiger partial charge is 0.493 e. The molecular formula is C26H23NO3. The van der Waals surface area contributed by atoms with Crippen LogP contribution in [0.5, 0.6) is 11.5 Å². The molecule has 0 aliphatic rings. The van der Waals surface area contributed by atoms with Crippen molar-refractivity contribution >= 4 is 22.8 Å². The molecule has 0 radical (unpaired) electrons. The average Bonchev–Trinajstić information content (AvgIpc) is 3.15. The SMILES string of the molecule is COc1ccc(C(=O)C=Cc2cn(Cc3ccccc3)c3ccccc23)cc1OC. The summed E-state index contributed by atoms with van der Waals surface area (Å²) >= 11 is 0. The Balaban J connectivity index is 1.64. The van der Waals surface area contributed by atoms with Crippen LogP contribution in [0.2, 0.25) is 0 Å². The number of ketones is 1. The molecule has 0 fully saturated rings. The molecule has 0 N–H and O–H groups in total. The van der Waals surface area contributed by atoms with Gasteiger partial charge >= 0.3 is 0 Å². The van der Waals surface area contributed by atoms with Gasteiger partial charge < -0.3 is 14.0 Å². The number of aromatic nitrogens is 1. The number of hydrogen-bond donors (Lipinski definition) is 0. The minimum Gasteiger partial charge on any atom is -0.493 e. The molecule has 4 nitrogen and oxygen atoms in total. The number of rotatable bonds is 7. The summed E-state index contributed by atoms with van der Waals surface area (Å²) in [6, 6.07) is 23.8. The maximum atomic E-state index is 12.7. The van der Waals surface area contributed by atoms with E-state index in [9.17, 15) is 4.79 Å². The number of fused-ring (bicyclic) bond motifs is 1. The fourth-order valence-electron chi connectivity index (χ4n) is 3.57. The summed E-state index contributed by atoms with van der Waals surface area (Å²) in [4.78, 5) is 12.7. The quantitative estimate of drug-likeness (QED) is 0.301. The van der Waals surface area contributed by atoms with Gasteiger partial charge in [0.2, 0.25) is 0 Å². The maximum absolute atomic E-state index is 12.7. The number of nitrogens with zero attached hydrogens (tertiary/aromatic N) is 1. The lowest BCUT2D eigenvalue weighted by Gasteiger charge is -2.07. The molecule has 0 atom stereocenters. The van der Waals surface area contributed by atoms with Gasteiger partial charge in [0.25, 0.3) is 0 Å². The van der Waals surface area contributed by atoms with Crippen molar-refractivity contribution in [3.8, 4) is 11.5 Å². The van der Waals surface area contributed by atoms with E-state index < -0.39 is 0 Å². The number of methoxy groups -OCH3 is 2. The lowest BCUT2D eigenvalue weighted by molar-refractivity contribution is 0.104. The molecule has 4 rings (SSSR count). The molecule has 4 aromatic rings. The number of ether oxygens (including phenoxy) is 2. The van der Waals surface area contributed by atoms with Gasteiger partial charge in [-0.25, -0.2) is 0 Å². The van der Waals surface area contributed by atoms with Crippen molar-refractivity contribution in [2.45, 2.75) is 6.54 Å². The number of para-hydroxylation sites is 1. The molecule has 1 heterocycles. The Morgan fingerprint density at radius 3 is 2.40 bits per heavy atom. The van der Waals surface area contributed by atoms with E-state index in [0.29, 0.717) is 17.1 Å². The molecule has 0 aliphatic carbocycles. The van der Waals surface area contributed by atoms with Gasteiger partial charge in [-0.3, -0.25) is 4.79 Å². The van der Waals surface area contributed by atoms with Crippen LogP contribution in [-0.4, -0.2) is 24.6 Å². The Labute approximate surface area is 176 Å². The van der Waals surface area contributed by atoms with Crippen LogP contribution in [0.3, 0.4) is 0 Å². The van der Waals surface area contributed by atoms with Crippen LogP contribution in [0.1, 0.15) is 21.5 Å². The van der Waals surface area contributed by atoms with E-state index in [1.807, 2.05) is 36.4 Å². The highest BCUT2D eigenvalue weighted by Gasteiger charge is 2.10. The number of benzene rings is 3. The predicted octanol–water partition coefficient (Wildman–Crippen LogP) is 5.60. The van der Waals surface area contributed by atoms with Crippen molar-refractivity contribution in [2.24, 2.45) is 0 Å². The molecule has 0 unspecified atom stereocenters. The summed E-state index contributed by atoms with van der Waals surface area (Å²) in [5, 5.41) is 1.12. The fraction of sp³-hybridized carbons (Fsp3) is 0.115. The molecule has 0 aliphatic heterocycles. The first-order valence-corrected chi connectivity index (χ1v) is 9.76. The summed E-state index contributed by atoms with van der Waals surface area (Å²) in [5.74, 6) is 1.05. The number of carbonyl (C=O) groups is 1. The minimum absolute atomic E-state index is 0.0872. The molecule has 30 heavy (non-hydrogen) atoms. The zero-order valence-electron chi connectivity index (χ0n) is 17.0. The smallest absolute Gasteiger partial charge is 0.185 e. The van der Waals surface area contributed by atoms with Gasteiger partial charge in [-0.1, -0.05) is 48.5 Å². The van der Waals surface area contributed by atoms with Gasteiger partial charge in [0.05, 0.1) is 14.2 Å². The highest BCUT2D eigenvalue weighted by molar-refractivity contribution is 6.08. The van der Waals surface area contributed by atoms with Gasteiger partial charge in [0, 0.05) is 34.8 Å². The third kappa shape index (κ3) is 3.98. The van der Waals surface area contributed by atoms with Crippen LogP contribution < -0.4 is 9.47 Å². The normalized spacial score (nSPS) is 11.1. The number of carbonyl (C=O) groups excluding carboxylic acids is 1. The summed E-state index contributed by atoms with van der Waals surface area (Å²) < 4.78 is 12.8. The number of allylic oxidation sites excluding steroid dienone is 1. The second-order valence-electron chi connectivity index (χ2n) is 6.98.